The fourth-order valence-corrected chi connectivity index (χ4v) is 3.68. The Morgan fingerprint density at radius 2 is 1.64 bits per heavy atom. The number of hydrogen-bond acceptors (Lipinski definition) is 6. The van der Waals surface area contributed by atoms with E-state index in [4.69, 9.17) is 0 Å². The zero-order valence-electron chi connectivity index (χ0n) is 16.6. The number of anilines is 1. The molecule has 3 rings (SSSR count). The predicted molar refractivity (Wildman–Crippen MR) is 101 cm³/mol. The molecule has 2 aromatic rings. The van der Waals surface area contributed by atoms with E-state index < -0.39 is 58.6 Å². The number of carbonyl (C=O) groups excluding carboxylic acids is 3. The zero-order chi connectivity index (χ0) is 24.6. The fraction of sp³-hybridized carbons (Fsp3) is 0.263. The van der Waals surface area contributed by atoms with Crippen LogP contribution in [-0.4, -0.2) is 45.3 Å². The molecular formula is C19H14F6N3O4S+. The number of quaternary nitrogens is 1. The minimum atomic E-state index is -5.45. The number of carbonyl (C=O) groups is 3. The Morgan fingerprint density at radius 1 is 1.06 bits per heavy atom. The first-order valence-corrected chi connectivity index (χ1v) is 9.88. The van der Waals surface area contributed by atoms with Gasteiger partial charge in [0.1, 0.15) is 0 Å². The Bertz CT molecular complexity index is 1060. The Labute approximate surface area is 186 Å². The second-order valence-electron chi connectivity index (χ2n) is 6.86. The number of thioether (sulfide) groups is 1. The molecule has 33 heavy (non-hydrogen) atoms. The van der Waals surface area contributed by atoms with Crippen LogP contribution in [0.25, 0.3) is 0 Å². The number of alkyl halides is 6. The highest BCUT2D eigenvalue weighted by atomic mass is 32.2. The third-order valence-electron chi connectivity index (χ3n) is 4.69. The molecule has 0 bridgehead atoms. The van der Waals surface area contributed by atoms with E-state index in [1.165, 1.54) is 24.5 Å². The van der Waals surface area contributed by atoms with Crippen molar-refractivity contribution in [3.63, 3.8) is 0 Å². The molecule has 14 heteroatoms. The van der Waals surface area contributed by atoms with Gasteiger partial charge in [0.05, 0.1) is 5.69 Å². The number of hydroxylamine groups is 3. The van der Waals surface area contributed by atoms with Crippen LogP contribution in [0.1, 0.15) is 12.5 Å². The maximum absolute atomic E-state index is 13.3. The fourth-order valence-electron chi connectivity index (χ4n) is 3.14. The van der Waals surface area contributed by atoms with Crippen LogP contribution in [0.15, 0.2) is 53.7 Å². The average Bonchev–Trinajstić information content (AvgIpc) is 2.89. The molecule has 7 nitrogen and oxygen atoms in total. The highest BCUT2D eigenvalue weighted by molar-refractivity contribution is 8.00. The van der Waals surface area contributed by atoms with Crippen LogP contribution < -0.4 is 4.90 Å². The number of aromatic nitrogens is 1. The summed E-state index contributed by atoms with van der Waals surface area (Å²) in [5, 5.41) is 0. The smallest absolute Gasteiger partial charge is 0.267 e. The minimum absolute atomic E-state index is 0.193. The van der Waals surface area contributed by atoms with Crippen molar-refractivity contribution < 1.29 is 50.2 Å². The van der Waals surface area contributed by atoms with Gasteiger partial charge in [-0.25, -0.2) is 9.59 Å². The molecule has 2 heterocycles. The molecule has 0 N–H and O–H groups in total. The predicted octanol–water partition coefficient (Wildman–Crippen LogP) is 4.59. The summed E-state index contributed by atoms with van der Waals surface area (Å²) >= 11 is -0.426. The van der Waals surface area contributed by atoms with Crippen LogP contribution in [-0.2, 0) is 21.0 Å². The summed E-state index contributed by atoms with van der Waals surface area (Å²) in [6.45, 7) is 0.494. The molecule has 2 unspecified atom stereocenters. The van der Waals surface area contributed by atoms with Gasteiger partial charge in [0.2, 0.25) is 6.04 Å². The molecule has 3 amide bonds. The van der Waals surface area contributed by atoms with Gasteiger partial charge in [0.25, 0.3) is 0 Å². The number of rotatable bonds is 5. The van der Waals surface area contributed by atoms with Gasteiger partial charge in [-0.05, 0) is 52.8 Å². The molecule has 1 aliphatic rings. The monoisotopic (exact) mass is 494 g/mol. The topological polar surface area (TPSA) is 76.6 Å². The first kappa shape index (κ1) is 24.5. The number of benzene rings is 1. The number of pyridine rings is 1. The van der Waals surface area contributed by atoms with Gasteiger partial charge in [-0.1, -0.05) is 0 Å². The van der Waals surface area contributed by atoms with Crippen LogP contribution in [0.4, 0.5) is 36.8 Å². The Kier molecular flexibility index (Phi) is 6.44. The van der Waals surface area contributed by atoms with Crippen LogP contribution in [0.3, 0.4) is 0 Å². The molecule has 1 aromatic carbocycles. The van der Waals surface area contributed by atoms with Crippen LogP contribution >= 0.6 is 11.8 Å². The van der Waals surface area contributed by atoms with Crippen LogP contribution in [0.2, 0.25) is 0 Å². The number of hydrogen-bond donors (Lipinski definition) is 0. The third kappa shape index (κ3) is 5.11. The molecule has 1 fully saturated rings. The molecule has 176 valence electrons. The van der Waals surface area contributed by atoms with Gasteiger partial charge in [-0.15, -0.1) is 0 Å². The van der Waals surface area contributed by atoms with Gasteiger partial charge in [-0.2, -0.15) is 31.2 Å². The van der Waals surface area contributed by atoms with E-state index in [2.05, 4.69) is 9.82 Å². The molecule has 0 radical (unpaired) electrons. The van der Waals surface area contributed by atoms with Crippen molar-refractivity contribution in [3.05, 3.63) is 54.4 Å². The number of halogens is 6. The second kappa shape index (κ2) is 8.67. The lowest BCUT2D eigenvalue weighted by atomic mass is 10.2. The van der Waals surface area contributed by atoms with E-state index in [1.54, 1.807) is 0 Å². The molecule has 1 saturated heterocycles. The van der Waals surface area contributed by atoms with E-state index >= 15 is 0 Å². The van der Waals surface area contributed by atoms with Crippen molar-refractivity contribution in [2.45, 2.75) is 36.1 Å². The standard InChI is InChI=1S/C19H14F6N3O4S/c1-11-15(29)27(13-2-4-14(5-3-13)33-19(23,24)25)17(31)28(11,32-16(30)18(20,21)22)10-12-6-8-26-9-7-12/h2-9,11H,10H2,1H3/q+1. The zero-order valence-corrected chi connectivity index (χ0v) is 17.4. The van der Waals surface area contributed by atoms with Crippen molar-refractivity contribution in [1.82, 2.24) is 4.98 Å². The maximum Gasteiger partial charge on any atom is 0.497 e. The molecular weight excluding hydrogens is 480 g/mol. The maximum atomic E-state index is 13.3. The summed E-state index contributed by atoms with van der Waals surface area (Å²) < 4.78 is 74.9. The normalized spacial score (nSPS) is 21.4. The van der Waals surface area contributed by atoms with E-state index in [0.29, 0.717) is 4.90 Å². The number of urea groups is 1. The first-order valence-electron chi connectivity index (χ1n) is 9.06. The van der Waals surface area contributed by atoms with Crippen molar-refractivity contribution in [3.8, 4) is 0 Å². The lowest BCUT2D eigenvalue weighted by Gasteiger charge is -2.29. The first-order chi connectivity index (χ1) is 15.2. The molecule has 2 atom stereocenters. The van der Waals surface area contributed by atoms with Crippen LogP contribution in [0.5, 0.6) is 0 Å². The van der Waals surface area contributed by atoms with Crippen molar-refractivity contribution >= 4 is 35.4 Å². The van der Waals surface area contributed by atoms with E-state index in [1.807, 2.05) is 0 Å². The quantitative estimate of drug-likeness (QED) is 0.262. The van der Waals surface area contributed by atoms with Gasteiger partial charge >= 0.3 is 29.6 Å². The Balaban J connectivity index is 2.01. The van der Waals surface area contributed by atoms with Gasteiger partial charge in [-0.3, -0.25) is 14.6 Å². The van der Waals surface area contributed by atoms with Gasteiger partial charge in [0.15, 0.2) is 6.54 Å². The number of amides is 3. The number of nitrogens with zero attached hydrogens (tertiary/aromatic N) is 3. The molecule has 1 aromatic heterocycles. The summed E-state index contributed by atoms with van der Waals surface area (Å²) in [6.07, 6.45) is -2.87. The van der Waals surface area contributed by atoms with Crippen LogP contribution in [0, 0.1) is 0 Å². The average molecular weight is 494 g/mol. The lowest BCUT2D eigenvalue weighted by molar-refractivity contribution is -1.04. The van der Waals surface area contributed by atoms with Gasteiger partial charge < -0.3 is 0 Å². The summed E-state index contributed by atoms with van der Waals surface area (Å²) in [5.74, 6) is -3.68. The van der Waals surface area contributed by atoms with E-state index in [9.17, 15) is 40.7 Å². The summed E-state index contributed by atoms with van der Waals surface area (Å²) in [6, 6.07) is 3.89. The molecule has 0 aliphatic carbocycles. The van der Waals surface area contributed by atoms with Crippen molar-refractivity contribution in [1.29, 1.82) is 0 Å². The number of imide groups is 1. The molecule has 0 spiro atoms. The molecule has 0 saturated carbocycles. The summed E-state index contributed by atoms with van der Waals surface area (Å²) in [5.41, 5.74) is -4.52. The highest BCUT2D eigenvalue weighted by Gasteiger charge is 2.65. The Morgan fingerprint density at radius 3 is 2.15 bits per heavy atom. The third-order valence-corrected chi connectivity index (χ3v) is 5.43. The van der Waals surface area contributed by atoms with Gasteiger partial charge in [0, 0.05) is 29.8 Å². The summed E-state index contributed by atoms with van der Waals surface area (Å²) in [4.78, 5) is 46.4. The summed E-state index contributed by atoms with van der Waals surface area (Å²) in [7, 11) is 0. The van der Waals surface area contributed by atoms with Crippen molar-refractivity contribution in [2.75, 3.05) is 4.90 Å². The minimum Gasteiger partial charge on any atom is -0.267 e. The lowest BCUT2D eigenvalue weighted by Crippen LogP contribution is -2.57. The Hall–Kier alpha value is -3.13. The highest BCUT2D eigenvalue weighted by Crippen LogP contribution is 2.39. The second-order valence-corrected chi connectivity index (χ2v) is 8.00. The molecule has 1 aliphatic heterocycles. The largest absolute Gasteiger partial charge is 0.497 e. The van der Waals surface area contributed by atoms with Crippen molar-refractivity contribution in [2.24, 2.45) is 0 Å². The van der Waals surface area contributed by atoms with E-state index in [-0.39, 0.29) is 16.1 Å². The SMILES string of the molecule is CC1C(=O)N(c2ccc(SC(F)(F)F)cc2)C(=O)[N+]1(Cc1ccncc1)OC(=O)C(F)(F)F. The van der Waals surface area contributed by atoms with E-state index in [0.717, 1.165) is 31.2 Å².